The first-order valence-corrected chi connectivity index (χ1v) is 12.2. The van der Waals surface area contributed by atoms with E-state index < -0.39 is 5.97 Å². The number of nitrogens with zero attached hydrogens (tertiary/aromatic N) is 5. The molecule has 2 aromatic carbocycles. The van der Waals surface area contributed by atoms with E-state index in [9.17, 15) is 9.90 Å². The van der Waals surface area contributed by atoms with Gasteiger partial charge in [-0.25, -0.2) is 9.78 Å². The molecule has 0 fully saturated rings. The quantitative estimate of drug-likeness (QED) is 0.314. The number of carboxylic acid groups (broad SMARTS) is 1. The fourth-order valence-corrected chi connectivity index (χ4v) is 5.63. The number of tetrazole rings is 1. The van der Waals surface area contributed by atoms with Gasteiger partial charge in [-0.1, -0.05) is 67.2 Å². The number of hydrogen-bond donors (Lipinski definition) is 2. The van der Waals surface area contributed by atoms with E-state index in [2.05, 4.69) is 39.7 Å². The Balaban J connectivity index is 1.68. The van der Waals surface area contributed by atoms with Gasteiger partial charge in [-0.15, -0.1) is 21.5 Å². The second-order valence-electron chi connectivity index (χ2n) is 7.34. The second-order valence-corrected chi connectivity index (χ2v) is 9.80. The van der Waals surface area contributed by atoms with Crippen LogP contribution in [0.1, 0.15) is 27.0 Å². The summed E-state index contributed by atoms with van der Waals surface area (Å²) < 4.78 is 2.03. The van der Waals surface area contributed by atoms with Crippen molar-refractivity contribution in [2.75, 3.05) is 5.75 Å². The first-order valence-electron chi connectivity index (χ1n) is 10.3. The number of aromatic carboxylic acids is 1. The van der Waals surface area contributed by atoms with Crippen molar-refractivity contribution in [1.82, 2.24) is 30.2 Å². The number of aromatic nitrogens is 6. The summed E-state index contributed by atoms with van der Waals surface area (Å²) in [5, 5.41) is 25.2. The number of H-pyrrole nitrogens is 1. The lowest BCUT2D eigenvalue weighted by Crippen LogP contribution is -2.06. The van der Waals surface area contributed by atoms with Gasteiger partial charge in [0, 0.05) is 10.4 Å². The van der Waals surface area contributed by atoms with Gasteiger partial charge < -0.3 is 9.67 Å². The third-order valence-corrected chi connectivity index (χ3v) is 7.28. The summed E-state index contributed by atoms with van der Waals surface area (Å²) in [5.41, 5.74) is 5.37. The van der Waals surface area contributed by atoms with Crippen molar-refractivity contribution in [2.24, 2.45) is 0 Å². The molecule has 2 N–H and O–H groups in total. The van der Waals surface area contributed by atoms with Gasteiger partial charge >= 0.3 is 5.97 Å². The largest absolute Gasteiger partial charge is 0.477 e. The molecule has 0 spiro atoms. The zero-order chi connectivity index (χ0) is 22.9. The highest BCUT2D eigenvalue weighted by Crippen LogP contribution is 2.37. The predicted octanol–water partition coefficient (Wildman–Crippen LogP) is 5.11. The van der Waals surface area contributed by atoms with E-state index in [0.717, 1.165) is 43.6 Å². The molecule has 0 aliphatic heterocycles. The molecule has 0 amide bonds. The summed E-state index contributed by atoms with van der Waals surface area (Å²) in [6.07, 6.45) is 0. The summed E-state index contributed by atoms with van der Waals surface area (Å²) in [4.78, 5) is 18.0. The van der Waals surface area contributed by atoms with E-state index in [1.165, 1.54) is 11.3 Å². The number of rotatable bonds is 7. The van der Waals surface area contributed by atoms with E-state index in [0.29, 0.717) is 22.8 Å². The number of hydrogen-bond acceptors (Lipinski definition) is 7. The predicted molar refractivity (Wildman–Crippen MR) is 130 cm³/mol. The van der Waals surface area contributed by atoms with Crippen molar-refractivity contribution in [3.8, 4) is 22.5 Å². The second kappa shape index (κ2) is 8.80. The van der Waals surface area contributed by atoms with Crippen molar-refractivity contribution < 1.29 is 9.90 Å². The number of nitrogens with one attached hydrogen (secondary N) is 1. The van der Waals surface area contributed by atoms with Crippen molar-refractivity contribution >= 4 is 40.1 Å². The maximum atomic E-state index is 12.0. The molecule has 5 rings (SSSR count). The molecule has 166 valence electrons. The summed E-state index contributed by atoms with van der Waals surface area (Å²) in [6, 6.07) is 16.0. The van der Waals surface area contributed by atoms with Gasteiger partial charge in [0.2, 0.25) is 5.82 Å². The van der Waals surface area contributed by atoms with E-state index in [-0.39, 0.29) is 0 Å². The Morgan fingerprint density at radius 2 is 1.85 bits per heavy atom. The standard InChI is InChI=1S/C23H20N6O2S2/c1-3-32-23-24-18-13(2)33-20(22(30)31)19(18)29(23)12-14-8-4-5-9-15(14)16-10-6-7-11-17(16)21-25-27-28-26-21/h4-11H,3,12H2,1-2H3,(H,30,31)(H,25,26,27,28). The number of benzene rings is 2. The molecule has 0 bridgehead atoms. The molecule has 0 aliphatic rings. The zero-order valence-electron chi connectivity index (χ0n) is 17.9. The molecule has 0 atom stereocenters. The van der Waals surface area contributed by atoms with Gasteiger partial charge in [0.25, 0.3) is 0 Å². The van der Waals surface area contributed by atoms with Crippen LogP contribution >= 0.6 is 23.1 Å². The summed E-state index contributed by atoms with van der Waals surface area (Å²) in [5.74, 6) is 0.435. The van der Waals surface area contributed by atoms with Gasteiger partial charge in [0.15, 0.2) is 5.16 Å². The van der Waals surface area contributed by atoms with Gasteiger partial charge in [0.1, 0.15) is 10.4 Å². The normalized spacial score (nSPS) is 11.3. The van der Waals surface area contributed by atoms with Gasteiger partial charge in [0.05, 0.1) is 12.1 Å². The van der Waals surface area contributed by atoms with Crippen LogP contribution in [0.15, 0.2) is 53.7 Å². The highest BCUT2D eigenvalue weighted by molar-refractivity contribution is 7.99. The lowest BCUT2D eigenvalue weighted by atomic mass is 9.95. The summed E-state index contributed by atoms with van der Waals surface area (Å²) in [7, 11) is 0. The summed E-state index contributed by atoms with van der Waals surface area (Å²) >= 11 is 2.89. The third-order valence-electron chi connectivity index (χ3n) is 5.35. The topological polar surface area (TPSA) is 110 Å². The number of aryl methyl sites for hydroxylation is 1. The van der Waals surface area contributed by atoms with Crippen LogP contribution < -0.4 is 0 Å². The van der Waals surface area contributed by atoms with E-state index >= 15 is 0 Å². The Kier molecular flexibility index (Phi) is 5.69. The highest BCUT2D eigenvalue weighted by atomic mass is 32.2. The number of thioether (sulfide) groups is 1. The van der Waals surface area contributed by atoms with Gasteiger partial charge in [-0.05, 0) is 34.6 Å². The van der Waals surface area contributed by atoms with Crippen LogP contribution in [0.2, 0.25) is 0 Å². The number of fused-ring (bicyclic) bond motifs is 1. The van der Waals surface area contributed by atoms with E-state index in [1.54, 1.807) is 11.8 Å². The lowest BCUT2D eigenvalue weighted by molar-refractivity contribution is 0.0703. The number of carbonyl (C=O) groups is 1. The van der Waals surface area contributed by atoms with Crippen molar-refractivity contribution in [1.29, 1.82) is 0 Å². The van der Waals surface area contributed by atoms with Crippen LogP contribution in [0, 0.1) is 6.92 Å². The van der Waals surface area contributed by atoms with Crippen molar-refractivity contribution in [3.63, 3.8) is 0 Å². The lowest BCUT2D eigenvalue weighted by Gasteiger charge is -2.15. The molecule has 10 heteroatoms. The zero-order valence-corrected chi connectivity index (χ0v) is 19.6. The maximum Gasteiger partial charge on any atom is 0.348 e. The van der Waals surface area contributed by atoms with Crippen LogP contribution in [-0.2, 0) is 6.54 Å². The smallest absolute Gasteiger partial charge is 0.348 e. The molecule has 0 radical (unpaired) electrons. The third kappa shape index (κ3) is 3.81. The molecule has 3 aromatic heterocycles. The van der Waals surface area contributed by atoms with Crippen LogP contribution in [0.4, 0.5) is 0 Å². The fourth-order valence-electron chi connectivity index (χ4n) is 3.97. The van der Waals surface area contributed by atoms with E-state index in [1.807, 2.05) is 47.9 Å². The van der Waals surface area contributed by atoms with Crippen molar-refractivity contribution in [3.05, 3.63) is 63.8 Å². The highest BCUT2D eigenvalue weighted by Gasteiger charge is 2.24. The number of carboxylic acids is 1. The number of aromatic amines is 1. The molecular weight excluding hydrogens is 456 g/mol. The molecular formula is C23H20N6O2S2. The average molecular weight is 477 g/mol. The molecule has 0 aliphatic carbocycles. The molecule has 8 nitrogen and oxygen atoms in total. The monoisotopic (exact) mass is 476 g/mol. The minimum atomic E-state index is -0.928. The van der Waals surface area contributed by atoms with Crippen LogP contribution in [-0.4, -0.2) is 47.0 Å². The number of imidazole rings is 1. The fraction of sp³-hybridized carbons (Fsp3) is 0.174. The Morgan fingerprint density at radius 3 is 2.55 bits per heavy atom. The van der Waals surface area contributed by atoms with Crippen LogP contribution in [0.5, 0.6) is 0 Å². The average Bonchev–Trinajstić information content (AvgIpc) is 3.54. The Bertz CT molecular complexity index is 1460. The molecule has 33 heavy (non-hydrogen) atoms. The summed E-state index contributed by atoms with van der Waals surface area (Å²) in [6.45, 7) is 4.48. The van der Waals surface area contributed by atoms with E-state index in [4.69, 9.17) is 4.98 Å². The SMILES string of the molecule is CCSc1nc2c(C)sc(C(=O)O)c2n1Cc1ccccc1-c1ccccc1-c1nn[nH]n1. The minimum Gasteiger partial charge on any atom is -0.477 e. The first kappa shape index (κ1) is 21.4. The van der Waals surface area contributed by atoms with Gasteiger partial charge in [-0.2, -0.15) is 5.21 Å². The Labute approximate surface area is 197 Å². The molecule has 3 heterocycles. The van der Waals surface area contributed by atoms with Crippen LogP contribution in [0.25, 0.3) is 33.5 Å². The maximum absolute atomic E-state index is 12.0. The number of thiophene rings is 1. The van der Waals surface area contributed by atoms with Crippen molar-refractivity contribution in [2.45, 2.75) is 25.5 Å². The van der Waals surface area contributed by atoms with Gasteiger partial charge in [-0.3, -0.25) is 0 Å². The van der Waals surface area contributed by atoms with Crippen LogP contribution in [0.3, 0.4) is 0 Å². The molecule has 5 aromatic rings. The minimum absolute atomic E-state index is 0.322. The Hall–Kier alpha value is -3.50. The molecule has 0 saturated heterocycles. The molecule has 0 unspecified atom stereocenters. The first-order chi connectivity index (χ1) is 16.1. The Morgan fingerprint density at radius 1 is 1.12 bits per heavy atom. The molecule has 0 saturated carbocycles.